The van der Waals surface area contributed by atoms with Crippen LogP contribution in [0, 0.1) is 10.1 Å². The monoisotopic (exact) mass is 302 g/mol. The van der Waals surface area contributed by atoms with Crippen LogP contribution in [-0.4, -0.2) is 47.8 Å². The van der Waals surface area contributed by atoms with Crippen molar-refractivity contribution in [2.75, 3.05) is 20.1 Å². The molecule has 0 aromatic heterocycles. The minimum Gasteiger partial charge on any atom is -0.473 e. The molecule has 5 nitrogen and oxygen atoms in total. The highest BCUT2D eigenvalue weighted by molar-refractivity contribution is 5.43. The van der Waals surface area contributed by atoms with Crippen LogP contribution in [0.15, 0.2) is 24.3 Å². The average Bonchev–Trinajstić information content (AvgIpc) is 2.75. The lowest BCUT2D eigenvalue weighted by atomic mass is 9.75. The Morgan fingerprint density at radius 1 is 1.43 bits per heavy atom. The zero-order chi connectivity index (χ0) is 15.4. The number of hydrogen-bond acceptors (Lipinski definition) is 4. The second-order valence-electron chi connectivity index (χ2n) is 5.58. The number of alkyl halides is 3. The van der Waals surface area contributed by atoms with E-state index in [0.717, 1.165) is 0 Å². The summed E-state index contributed by atoms with van der Waals surface area (Å²) in [5, 5.41) is 11.6. The first-order chi connectivity index (χ1) is 9.76. The topological polar surface area (TPSA) is 55.6 Å². The summed E-state index contributed by atoms with van der Waals surface area (Å²) < 4.78 is 45.1. The number of rotatable bonds is 1. The molecule has 0 spiro atoms. The summed E-state index contributed by atoms with van der Waals surface area (Å²) in [6.45, 7) is -0.0862. The molecule has 0 aliphatic carbocycles. The predicted octanol–water partition coefficient (Wildman–Crippen LogP) is 2.05. The van der Waals surface area contributed by atoms with E-state index in [2.05, 4.69) is 0 Å². The molecule has 3 rings (SSSR count). The highest BCUT2D eigenvalue weighted by Gasteiger charge is 2.73. The van der Waals surface area contributed by atoms with Gasteiger partial charge in [0, 0.05) is 17.0 Å². The number of likely N-dealkylation sites (tertiary alicyclic amines) is 1. The van der Waals surface area contributed by atoms with E-state index in [9.17, 15) is 23.3 Å². The van der Waals surface area contributed by atoms with Crippen molar-refractivity contribution in [1.29, 1.82) is 0 Å². The van der Waals surface area contributed by atoms with Gasteiger partial charge in [-0.25, -0.2) is 0 Å². The molecule has 0 bridgehead atoms. The van der Waals surface area contributed by atoms with Crippen LogP contribution in [0.3, 0.4) is 0 Å². The van der Waals surface area contributed by atoms with E-state index in [4.69, 9.17) is 4.74 Å². The third-order valence-corrected chi connectivity index (χ3v) is 4.25. The molecule has 8 heteroatoms. The Labute approximate surface area is 118 Å². The molecule has 0 saturated carbocycles. The number of benzene rings is 1. The molecule has 114 valence electrons. The Morgan fingerprint density at radius 2 is 2.10 bits per heavy atom. The smallest absolute Gasteiger partial charge is 0.432 e. The maximum atomic E-state index is 13.4. The summed E-state index contributed by atoms with van der Waals surface area (Å²) in [5.41, 5.74) is -1.72. The number of hydrogen-bond donors (Lipinski definition) is 0. The van der Waals surface area contributed by atoms with Crippen molar-refractivity contribution >= 4 is 0 Å². The first kappa shape index (κ1) is 14.1. The van der Waals surface area contributed by atoms with Crippen LogP contribution in [0.5, 0.6) is 5.75 Å². The van der Waals surface area contributed by atoms with E-state index in [-0.39, 0.29) is 18.8 Å². The van der Waals surface area contributed by atoms with Crippen molar-refractivity contribution in [2.45, 2.75) is 23.7 Å². The molecular weight excluding hydrogens is 289 g/mol. The lowest BCUT2D eigenvalue weighted by molar-refractivity contribution is -0.591. The number of likely N-dealkylation sites (N-methyl/N-ethyl adjacent to an activating group) is 1. The van der Waals surface area contributed by atoms with Gasteiger partial charge in [0.15, 0.2) is 0 Å². The Bertz CT molecular complexity index is 592. The first-order valence-corrected chi connectivity index (χ1v) is 6.42. The lowest BCUT2D eigenvalue weighted by Gasteiger charge is -2.39. The van der Waals surface area contributed by atoms with E-state index in [1.54, 1.807) is 30.1 Å². The number of nitrogens with zero attached hydrogens (tertiary/aromatic N) is 2. The molecular formula is C13H13F3N2O3. The minimum absolute atomic E-state index is 0.0811. The molecule has 1 fully saturated rings. The fourth-order valence-corrected chi connectivity index (χ4v) is 3.45. The Hall–Kier alpha value is -1.83. The maximum Gasteiger partial charge on any atom is 0.432 e. The molecule has 1 aromatic carbocycles. The van der Waals surface area contributed by atoms with Crippen LogP contribution in [0.25, 0.3) is 0 Å². The fourth-order valence-electron chi connectivity index (χ4n) is 3.45. The third kappa shape index (κ3) is 1.89. The number of ether oxygens (including phenoxy) is 1. The van der Waals surface area contributed by atoms with Crippen molar-refractivity contribution in [2.24, 2.45) is 0 Å². The Kier molecular flexibility index (Phi) is 2.91. The lowest BCUT2D eigenvalue weighted by Crippen LogP contribution is -2.64. The van der Waals surface area contributed by atoms with E-state index in [0.29, 0.717) is 5.56 Å². The normalized spacial score (nSPS) is 32.2. The molecule has 0 unspecified atom stereocenters. The van der Waals surface area contributed by atoms with Crippen LogP contribution < -0.4 is 4.74 Å². The van der Waals surface area contributed by atoms with Gasteiger partial charge in [0.05, 0.1) is 12.5 Å². The number of fused-ring (bicyclic) bond motifs is 3. The minimum atomic E-state index is -4.80. The fraction of sp³-hybridized carbons (Fsp3) is 0.538. The first-order valence-electron chi connectivity index (χ1n) is 6.42. The second-order valence-corrected chi connectivity index (χ2v) is 5.58. The van der Waals surface area contributed by atoms with Gasteiger partial charge in [-0.05, 0) is 13.1 Å². The van der Waals surface area contributed by atoms with Gasteiger partial charge in [0.2, 0.25) is 0 Å². The SMILES string of the molecule is CN1C[C@H]2c3ccccc3O[C@H](C(F)(F)F)[C@@]2([N+](=O)[O-])C1. The van der Waals surface area contributed by atoms with E-state index >= 15 is 0 Å². The van der Waals surface area contributed by atoms with Crippen molar-refractivity contribution < 1.29 is 22.8 Å². The van der Waals surface area contributed by atoms with Crippen LogP contribution in [-0.2, 0) is 0 Å². The molecule has 0 radical (unpaired) electrons. The van der Waals surface area contributed by atoms with Crippen LogP contribution >= 0.6 is 0 Å². The largest absolute Gasteiger partial charge is 0.473 e. The molecule has 2 heterocycles. The number of halogens is 3. The van der Waals surface area contributed by atoms with E-state index in [1.807, 2.05) is 0 Å². The third-order valence-electron chi connectivity index (χ3n) is 4.25. The zero-order valence-corrected chi connectivity index (χ0v) is 11.1. The number of nitro groups is 1. The summed E-state index contributed by atoms with van der Waals surface area (Å²) in [5.74, 6) is -0.758. The second kappa shape index (κ2) is 4.33. The summed E-state index contributed by atoms with van der Waals surface area (Å²) >= 11 is 0. The van der Waals surface area contributed by atoms with Gasteiger partial charge in [-0.1, -0.05) is 18.2 Å². The molecule has 2 aliphatic heterocycles. The Morgan fingerprint density at radius 3 is 2.71 bits per heavy atom. The van der Waals surface area contributed by atoms with Crippen molar-refractivity contribution in [1.82, 2.24) is 4.90 Å². The molecule has 3 atom stereocenters. The van der Waals surface area contributed by atoms with E-state index < -0.39 is 28.7 Å². The van der Waals surface area contributed by atoms with Gasteiger partial charge < -0.3 is 4.74 Å². The molecule has 1 aromatic rings. The van der Waals surface area contributed by atoms with Crippen LogP contribution in [0.1, 0.15) is 11.5 Å². The Balaban J connectivity index is 2.22. The highest BCUT2D eigenvalue weighted by Crippen LogP contribution is 2.51. The van der Waals surface area contributed by atoms with Crippen molar-refractivity contribution in [3.63, 3.8) is 0 Å². The summed E-state index contributed by atoms with van der Waals surface area (Å²) in [7, 11) is 1.58. The van der Waals surface area contributed by atoms with Gasteiger partial charge in [-0.15, -0.1) is 0 Å². The highest BCUT2D eigenvalue weighted by atomic mass is 19.4. The van der Waals surface area contributed by atoms with Crippen molar-refractivity contribution in [3.8, 4) is 5.75 Å². The van der Waals surface area contributed by atoms with Gasteiger partial charge in [0.25, 0.3) is 11.6 Å². The van der Waals surface area contributed by atoms with Gasteiger partial charge in [0.1, 0.15) is 5.75 Å². The van der Waals surface area contributed by atoms with Crippen LogP contribution in [0.4, 0.5) is 13.2 Å². The summed E-state index contributed by atoms with van der Waals surface area (Å²) in [6.07, 6.45) is -7.24. The molecule has 1 saturated heterocycles. The molecule has 21 heavy (non-hydrogen) atoms. The van der Waals surface area contributed by atoms with E-state index in [1.165, 1.54) is 6.07 Å². The van der Waals surface area contributed by atoms with Gasteiger partial charge in [-0.3, -0.25) is 15.0 Å². The molecule has 0 amide bonds. The maximum absolute atomic E-state index is 13.4. The zero-order valence-electron chi connectivity index (χ0n) is 11.1. The molecule has 2 aliphatic rings. The van der Waals surface area contributed by atoms with Crippen LogP contribution in [0.2, 0.25) is 0 Å². The summed E-state index contributed by atoms with van der Waals surface area (Å²) in [4.78, 5) is 12.3. The number of para-hydroxylation sites is 1. The van der Waals surface area contributed by atoms with Gasteiger partial charge in [-0.2, -0.15) is 13.2 Å². The van der Waals surface area contributed by atoms with Gasteiger partial charge >= 0.3 is 6.18 Å². The average molecular weight is 302 g/mol. The predicted molar refractivity (Wildman–Crippen MR) is 66.9 cm³/mol. The molecule has 0 N–H and O–H groups in total. The summed E-state index contributed by atoms with van der Waals surface area (Å²) in [6, 6.07) is 6.24. The quantitative estimate of drug-likeness (QED) is 0.588. The standard InChI is InChI=1S/C13H13F3N2O3/c1-17-6-9-8-4-2-3-5-10(8)21-11(13(14,15)16)12(9,7-17)18(19)20/h2-5,9,11H,6-7H2,1H3/t9-,11-,12+/m0/s1. The van der Waals surface area contributed by atoms with Crippen molar-refractivity contribution in [3.05, 3.63) is 39.9 Å².